The van der Waals surface area contributed by atoms with Crippen LogP contribution in [0.4, 0.5) is 0 Å². The van der Waals surface area contributed by atoms with Crippen LogP contribution in [-0.2, 0) is 11.3 Å². The molecule has 1 aromatic rings. The first kappa shape index (κ1) is 10.7. The predicted molar refractivity (Wildman–Crippen MR) is 64.7 cm³/mol. The van der Waals surface area contributed by atoms with E-state index in [0.717, 1.165) is 24.0 Å². The molecule has 0 radical (unpaired) electrons. The molecule has 2 heteroatoms. The first-order valence-corrected chi connectivity index (χ1v) is 5.55. The van der Waals surface area contributed by atoms with Crippen LogP contribution < -0.4 is 5.32 Å². The summed E-state index contributed by atoms with van der Waals surface area (Å²) in [5, 5.41) is 2.91. The van der Waals surface area contributed by atoms with Crippen molar-refractivity contribution in [2.45, 2.75) is 19.4 Å². The lowest BCUT2D eigenvalue weighted by atomic mass is 10.1. The van der Waals surface area contributed by atoms with Crippen molar-refractivity contribution in [2.24, 2.45) is 0 Å². The van der Waals surface area contributed by atoms with Gasteiger partial charge in [-0.3, -0.25) is 4.79 Å². The van der Waals surface area contributed by atoms with E-state index >= 15 is 0 Å². The van der Waals surface area contributed by atoms with Gasteiger partial charge in [0, 0.05) is 12.1 Å². The Morgan fingerprint density at radius 1 is 1.19 bits per heavy atom. The average molecular weight is 213 g/mol. The first-order valence-electron chi connectivity index (χ1n) is 5.55. The van der Waals surface area contributed by atoms with Gasteiger partial charge >= 0.3 is 0 Å². The molecule has 0 saturated carbocycles. The number of carbonyl (C=O) groups excluding carboxylic acids is 1. The van der Waals surface area contributed by atoms with Crippen LogP contribution >= 0.6 is 0 Å². The fourth-order valence-corrected chi connectivity index (χ4v) is 1.66. The van der Waals surface area contributed by atoms with E-state index in [9.17, 15) is 4.79 Å². The quantitative estimate of drug-likeness (QED) is 0.821. The van der Waals surface area contributed by atoms with Crippen molar-refractivity contribution < 1.29 is 4.79 Å². The predicted octanol–water partition coefficient (Wildman–Crippen LogP) is 2.58. The third-order valence-corrected chi connectivity index (χ3v) is 2.55. The summed E-state index contributed by atoms with van der Waals surface area (Å²) in [6.07, 6.45) is 7.92. The van der Waals surface area contributed by atoms with Gasteiger partial charge < -0.3 is 5.32 Å². The maximum Gasteiger partial charge on any atom is 0.251 e. The second-order valence-electron chi connectivity index (χ2n) is 3.81. The largest absolute Gasteiger partial charge is 0.348 e. The summed E-state index contributed by atoms with van der Waals surface area (Å²) in [5.41, 5.74) is 1.90. The highest BCUT2D eigenvalue weighted by molar-refractivity contribution is 5.96. The normalized spacial score (nSPS) is 14.4. The Balaban J connectivity index is 1.89. The van der Waals surface area contributed by atoms with Crippen LogP contribution in [0.2, 0.25) is 0 Å². The van der Waals surface area contributed by atoms with E-state index < -0.39 is 0 Å². The molecule has 0 atom stereocenters. The molecule has 16 heavy (non-hydrogen) atoms. The zero-order valence-electron chi connectivity index (χ0n) is 9.15. The van der Waals surface area contributed by atoms with E-state index in [-0.39, 0.29) is 5.91 Å². The molecular formula is C14H15NO. The number of benzene rings is 1. The Morgan fingerprint density at radius 3 is 2.69 bits per heavy atom. The zero-order chi connectivity index (χ0) is 11.2. The van der Waals surface area contributed by atoms with E-state index in [1.807, 2.05) is 48.6 Å². The number of allylic oxidation sites excluding steroid dienone is 2. The van der Waals surface area contributed by atoms with E-state index in [4.69, 9.17) is 0 Å². The Kier molecular flexibility index (Phi) is 3.54. The summed E-state index contributed by atoms with van der Waals surface area (Å²) in [4.78, 5) is 11.7. The van der Waals surface area contributed by atoms with Crippen molar-refractivity contribution in [3.63, 3.8) is 0 Å². The molecule has 2 rings (SSSR count). The highest BCUT2D eigenvalue weighted by Crippen LogP contribution is 2.09. The van der Waals surface area contributed by atoms with Gasteiger partial charge in [0.05, 0.1) is 0 Å². The lowest BCUT2D eigenvalue weighted by Crippen LogP contribution is -2.24. The van der Waals surface area contributed by atoms with Crippen LogP contribution in [-0.4, -0.2) is 5.91 Å². The molecule has 1 amide bonds. The minimum Gasteiger partial charge on any atom is -0.348 e. The highest BCUT2D eigenvalue weighted by Gasteiger charge is 2.07. The molecule has 0 heterocycles. The average Bonchev–Trinajstić information content (AvgIpc) is 2.38. The van der Waals surface area contributed by atoms with Gasteiger partial charge in [-0.2, -0.15) is 0 Å². The molecule has 0 unspecified atom stereocenters. The molecule has 1 aliphatic rings. The Morgan fingerprint density at radius 2 is 2.00 bits per heavy atom. The van der Waals surface area contributed by atoms with Crippen molar-refractivity contribution in [1.29, 1.82) is 0 Å². The molecule has 0 aromatic heterocycles. The molecule has 1 aliphatic carbocycles. The van der Waals surface area contributed by atoms with Gasteiger partial charge in [0.2, 0.25) is 0 Å². The smallest absolute Gasteiger partial charge is 0.251 e. The van der Waals surface area contributed by atoms with E-state index in [0.29, 0.717) is 6.54 Å². The minimum atomic E-state index is 0.0137. The molecule has 0 saturated heterocycles. The van der Waals surface area contributed by atoms with Crippen LogP contribution in [0.1, 0.15) is 18.4 Å². The maximum absolute atomic E-state index is 11.7. The Labute approximate surface area is 95.7 Å². The monoisotopic (exact) mass is 213 g/mol. The van der Waals surface area contributed by atoms with Gasteiger partial charge in [-0.1, -0.05) is 48.6 Å². The number of rotatable bonds is 3. The molecule has 1 N–H and O–H groups in total. The van der Waals surface area contributed by atoms with Crippen molar-refractivity contribution in [3.8, 4) is 0 Å². The van der Waals surface area contributed by atoms with Crippen molar-refractivity contribution >= 4 is 5.91 Å². The molecule has 0 bridgehead atoms. The van der Waals surface area contributed by atoms with E-state index in [2.05, 4.69) is 5.32 Å². The summed E-state index contributed by atoms with van der Waals surface area (Å²) >= 11 is 0. The third kappa shape index (κ3) is 2.83. The molecule has 82 valence electrons. The zero-order valence-corrected chi connectivity index (χ0v) is 9.15. The van der Waals surface area contributed by atoms with Crippen molar-refractivity contribution in [3.05, 3.63) is 59.7 Å². The molecule has 0 spiro atoms. The summed E-state index contributed by atoms with van der Waals surface area (Å²) in [6, 6.07) is 9.93. The summed E-state index contributed by atoms with van der Waals surface area (Å²) < 4.78 is 0. The van der Waals surface area contributed by atoms with Crippen LogP contribution in [0, 0.1) is 0 Å². The molecule has 1 aromatic carbocycles. The van der Waals surface area contributed by atoms with E-state index in [1.54, 1.807) is 0 Å². The second kappa shape index (κ2) is 5.31. The Hall–Kier alpha value is -1.83. The first-order chi connectivity index (χ1) is 7.86. The lowest BCUT2D eigenvalue weighted by Gasteiger charge is -2.08. The number of hydrogen-bond acceptors (Lipinski definition) is 1. The highest BCUT2D eigenvalue weighted by atomic mass is 16.1. The standard InChI is InChI=1S/C14H15NO/c16-14(13-9-5-2-6-10-13)15-11-12-7-3-1-4-8-12/h1,3-5,7-10H,2,6,11H2,(H,15,16). The van der Waals surface area contributed by atoms with Gasteiger partial charge in [-0.25, -0.2) is 0 Å². The number of amides is 1. The number of nitrogens with one attached hydrogen (secondary N) is 1. The fraction of sp³-hybridized carbons (Fsp3) is 0.214. The lowest BCUT2D eigenvalue weighted by molar-refractivity contribution is -0.117. The molecule has 0 aliphatic heterocycles. The van der Waals surface area contributed by atoms with Gasteiger partial charge in [-0.05, 0) is 18.4 Å². The van der Waals surface area contributed by atoms with Crippen LogP contribution in [0.5, 0.6) is 0 Å². The Bertz CT molecular complexity index is 418. The number of hydrogen-bond donors (Lipinski definition) is 1. The van der Waals surface area contributed by atoms with Gasteiger partial charge in [0.15, 0.2) is 0 Å². The van der Waals surface area contributed by atoms with E-state index in [1.165, 1.54) is 0 Å². The van der Waals surface area contributed by atoms with Crippen LogP contribution in [0.3, 0.4) is 0 Å². The summed E-state index contributed by atoms with van der Waals surface area (Å²) in [6.45, 7) is 0.588. The summed E-state index contributed by atoms with van der Waals surface area (Å²) in [7, 11) is 0. The van der Waals surface area contributed by atoms with Crippen molar-refractivity contribution in [1.82, 2.24) is 5.32 Å². The second-order valence-corrected chi connectivity index (χ2v) is 3.81. The third-order valence-electron chi connectivity index (χ3n) is 2.55. The number of carbonyl (C=O) groups is 1. The molecule has 0 fully saturated rings. The maximum atomic E-state index is 11.7. The molecule has 2 nitrogen and oxygen atoms in total. The van der Waals surface area contributed by atoms with Gasteiger partial charge in [0.25, 0.3) is 5.91 Å². The van der Waals surface area contributed by atoms with Gasteiger partial charge in [-0.15, -0.1) is 0 Å². The minimum absolute atomic E-state index is 0.0137. The SMILES string of the molecule is O=C(NCc1ccccc1)C1=CCCC=C1. The van der Waals surface area contributed by atoms with Crippen LogP contribution in [0.15, 0.2) is 54.1 Å². The van der Waals surface area contributed by atoms with Crippen molar-refractivity contribution in [2.75, 3.05) is 0 Å². The van der Waals surface area contributed by atoms with Crippen LogP contribution in [0.25, 0.3) is 0 Å². The molecular weight excluding hydrogens is 198 g/mol. The fourth-order valence-electron chi connectivity index (χ4n) is 1.66. The summed E-state index contributed by atoms with van der Waals surface area (Å²) in [5.74, 6) is 0.0137. The topological polar surface area (TPSA) is 29.1 Å². The van der Waals surface area contributed by atoms with Gasteiger partial charge in [0.1, 0.15) is 0 Å².